The lowest BCUT2D eigenvalue weighted by molar-refractivity contribution is -0.121. The Labute approximate surface area is 187 Å². The molecule has 0 aliphatic carbocycles. The number of aromatic amines is 1. The van der Waals surface area contributed by atoms with Gasteiger partial charge in [-0.15, -0.1) is 0 Å². The second-order valence-corrected chi connectivity index (χ2v) is 8.49. The van der Waals surface area contributed by atoms with E-state index in [1.165, 1.54) is 0 Å². The van der Waals surface area contributed by atoms with E-state index >= 15 is 0 Å². The molecule has 1 fully saturated rings. The Kier molecular flexibility index (Phi) is 5.69. The Morgan fingerprint density at radius 2 is 1.78 bits per heavy atom. The molecule has 1 aliphatic rings. The average Bonchev–Trinajstić information content (AvgIpc) is 3.24. The maximum absolute atomic E-state index is 12.8. The topological polar surface area (TPSA) is 73.9 Å². The summed E-state index contributed by atoms with van der Waals surface area (Å²) >= 11 is 0. The molecule has 2 N–H and O–H groups in total. The van der Waals surface area contributed by atoms with Crippen molar-refractivity contribution in [3.8, 4) is 11.4 Å². The number of imidazole rings is 1. The number of fused-ring (bicyclic) bond motifs is 1. The van der Waals surface area contributed by atoms with Crippen molar-refractivity contribution in [2.75, 3.05) is 18.4 Å². The minimum atomic E-state index is 0.0479. The number of H-pyrrole nitrogens is 1. The monoisotopic (exact) mass is 425 g/mol. The number of hydrogen-bond acceptors (Lipinski definition) is 4. The van der Waals surface area contributed by atoms with Crippen LogP contribution in [0, 0.1) is 12.8 Å². The molecule has 6 heteroatoms. The smallest absolute Gasteiger partial charge is 0.227 e. The summed E-state index contributed by atoms with van der Waals surface area (Å²) in [6.07, 6.45) is 1.74. The third kappa shape index (κ3) is 4.55. The summed E-state index contributed by atoms with van der Waals surface area (Å²) in [5, 5.41) is 3.09. The van der Waals surface area contributed by atoms with Gasteiger partial charge in [-0.3, -0.25) is 14.7 Å². The van der Waals surface area contributed by atoms with Gasteiger partial charge in [-0.1, -0.05) is 18.2 Å². The molecule has 1 aliphatic heterocycles. The van der Waals surface area contributed by atoms with Crippen LogP contribution in [0.5, 0.6) is 0 Å². The number of likely N-dealkylation sites (tertiary alicyclic amines) is 1. The van der Waals surface area contributed by atoms with E-state index in [1.54, 1.807) is 0 Å². The van der Waals surface area contributed by atoms with E-state index in [1.807, 2.05) is 61.5 Å². The molecule has 2 aromatic carbocycles. The quantitative estimate of drug-likeness (QED) is 0.482. The molecule has 32 heavy (non-hydrogen) atoms. The number of aryl methyl sites for hydroxylation is 1. The lowest BCUT2D eigenvalue weighted by atomic mass is 9.95. The SMILES string of the molecule is Cc1cccc(CN2CCC(C(=O)Nc3ccc(-c4nc5ccccc5[nH]4)cc3)CC2)n1. The maximum atomic E-state index is 12.8. The Morgan fingerprint density at radius 3 is 2.53 bits per heavy atom. The first-order valence-corrected chi connectivity index (χ1v) is 11.1. The summed E-state index contributed by atoms with van der Waals surface area (Å²) in [4.78, 5) is 27.7. The summed E-state index contributed by atoms with van der Waals surface area (Å²) in [5.74, 6) is 0.987. The maximum Gasteiger partial charge on any atom is 0.227 e. The fraction of sp³-hybridized carbons (Fsp3) is 0.269. The number of rotatable bonds is 5. The largest absolute Gasteiger partial charge is 0.338 e. The zero-order valence-electron chi connectivity index (χ0n) is 18.2. The lowest BCUT2D eigenvalue weighted by Gasteiger charge is -2.31. The van der Waals surface area contributed by atoms with Crippen molar-refractivity contribution in [2.45, 2.75) is 26.3 Å². The van der Waals surface area contributed by atoms with E-state index in [0.717, 1.165) is 72.0 Å². The van der Waals surface area contributed by atoms with Crippen LogP contribution in [-0.4, -0.2) is 38.8 Å². The number of piperidine rings is 1. The number of nitrogens with one attached hydrogen (secondary N) is 2. The molecule has 3 heterocycles. The molecule has 1 amide bonds. The Bertz CT molecular complexity index is 1190. The molecule has 1 saturated heterocycles. The number of hydrogen-bond donors (Lipinski definition) is 2. The van der Waals surface area contributed by atoms with E-state index in [9.17, 15) is 4.79 Å². The highest BCUT2D eigenvalue weighted by molar-refractivity contribution is 5.93. The number of anilines is 1. The number of carbonyl (C=O) groups excluding carboxylic acids is 1. The number of carbonyl (C=O) groups is 1. The number of benzene rings is 2. The highest BCUT2D eigenvalue weighted by atomic mass is 16.1. The third-order valence-corrected chi connectivity index (χ3v) is 6.11. The second kappa shape index (κ2) is 8.93. The molecule has 6 nitrogen and oxygen atoms in total. The van der Waals surface area contributed by atoms with Crippen LogP contribution >= 0.6 is 0 Å². The highest BCUT2D eigenvalue weighted by Gasteiger charge is 2.25. The van der Waals surface area contributed by atoms with Gasteiger partial charge in [-0.25, -0.2) is 4.98 Å². The van der Waals surface area contributed by atoms with Gasteiger partial charge in [0, 0.05) is 29.4 Å². The van der Waals surface area contributed by atoms with Crippen molar-refractivity contribution in [3.63, 3.8) is 0 Å². The van der Waals surface area contributed by atoms with Gasteiger partial charge in [-0.05, 0) is 81.4 Å². The molecule has 0 saturated carbocycles. The minimum Gasteiger partial charge on any atom is -0.338 e. The third-order valence-electron chi connectivity index (χ3n) is 6.11. The fourth-order valence-corrected chi connectivity index (χ4v) is 4.32. The molecule has 0 bridgehead atoms. The summed E-state index contributed by atoms with van der Waals surface area (Å²) in [5.41, 5.74) is 5.92. The number of aromatic nitrogens is 3. The van der Waals surface area contributed by atoms with E-state index < -0.39 is 0 Å². The molecule has 4 aromatic rings. The molecule has 2 aromatic heterocycles. The molecule has 0 spiro atoms. The summed E-state index contributed by atoms with van der Waals surface area (Å²) in [6, 6.07) is 22.0. The van der Waals surface area contributed by atoms with Crippen molar-refractivity contribution in [1.82, 2.24) is 19.9 Å². The average molecular weight is 426 g/mol. The van der Waals surface area contributed by atoms with Crippen LogP contribution in [0.2, 0.25) is 0 Å². The predicted octanol–water partition coefficient (Wildman–Crippen LogP) is 4.78. The van der Waals surface area contributed by atoms with E-state index in [4.69, 9.17) is 0 Å². The number of pyridine rings is 1. The van der Waals surface area contributed by atoms with Crippen molar-refractivity contribution >= 4 is 22.6 Å². The van der Waals surface area contributed by atoms with Gasteiger partial charge >= 0.3 is 0 Å². The van der Waals surface area contributed by atoms with Crippen LogP contribution in [0.15, 0.2) is 66.7 Å². The zero-order valence-corrected chi connectivity index (χ0v) is 18.2. The highest BCUT2D eigenvalue weighted by Crippen LogP contribution is 2.24. The molecular weight excluding hydrogens is 398 g/mol. The standard InChI is InChI=1S/C26H27N5O/c1-18-5-4-6-22(27-18)17-31-15-13-20(14-16-31)26(32)28-21-11-9-19(10-12-21)25-29-23-7-2-3-8-24(23)30-25/h2-12,20H,13-17H2,1H3,(H,28,32)(H,29,30). The van der Waals surface area contributed by atoms with Crippen LogP contribution in [0.25, 0.3) is 22.4 Å². The van der Waals surface area contributed by atoms with E-state index in [0.29, 0.717) is 0 Å². The normalized spacial score (nSPS) is 15.2. The van der Waals surface area contributed by atoms with E-state index in [-0.39, 0.29) is 11.8 Å². The van der Waals surface area contributed by atoms with Gasteiger partial charge < -0.3 is 10.3 Å². The zero-order chi connectivity index (χ0) is 21.9. The number of amides is 1. The van der Waals surface area contributed by atoms with Gasteiger partial charge in [0.2, 0.25) is 5.91 Å². The summed E-state index contributed by atoms with van der Waals surface area (Å²) in [7, 11) is 0. The second-order valence-electron chi connectivity index (χ2n) is 8.49. The van der Waals surface area contributed by atoms with Crippen molar-refractivity contribution in [2.24, 2.45) is 5.92 Å². The Hall–Kier alpha value is -3.51. The van der Waals surface area contributed by atoms with Crippen LogP contribution < -0.4 is 5.32 Å². The van der Waals surface area contributed by atoms with Crippen molar-refractivity contribution < 1.29 is 4.79 Å². The van der Waals surface area contributed by atoms with Gasteiger partial charge in [0.15, 0.2) is 0 Å². The van der Waals surface area contributed by atoms with Gasteiger partial charge in [0.25, 0.3) is 0 Å². The molecule has 5 rings (SSSR count). The number of nitrogens with zero attached hydrogens (tertiary/aromatic N) is 3. The van der Waals surface area contributed by atoms with Crippen molar-refractivity contribution in [1.29, 1.82) is 0 Å². The number of para-hydroxylation sites is 2. The van der Waals surface area contributed by atoms with Crippen LogP contribution in [0.1, 0.15) is 24.2 Å². The summed E-state index contributed by atoms with van der Waals surface area (Å²) < 4.78 is 0. The van der Waals surface area contributed by atoms with Gasteiger partial charge in [-0.2, -0.15) is 0 Å². The Balaban J connectivity index is 1.16. The first-order valence-electron chi connectivity index (χ1n) is 11.1. The molecule has 162 valence electrons. The van der Waals surface area contributed by atoms with Gasteiger partial charge in [0.05, 0.1) is 16.7 Å². The first kappa shape index (κ1) is 20.4. The molecule has 0 radical (unpaired) electrons. The first-order chi connectivity index (χ1) is 15.6. The van der Waals surface area contributed by atoms with Crippen LogP contribution in [-0.2, 0) is 11.3 Å². The predicted molar refractivity (Wildman–Crippen MR) is 127 cm³/mol. The van der Waals surface area contributed by atoms with Crippen LogP contribution in [0.3, 0.4) is 0 Å². The minimum absolute atomic E-state index is 0.0479. The molecular formula is C26H27N5O. The fourth-order valence-electron chi connectivity index (χ4n) is 4.32. The molecule has 0 unspecified atom stereocenters. The van der Waals surface area contributed by atoms with E-state index in [2.05, 4.69) is 37.3 Å². The van der Waals surface area contributed by atoms with Crippen molar-refractivity contribution in [3.05, 3.63) is 78.1 Å². The Morgan fingerprint density at radius 1 is 1.00 bits per heavy atom. The van der Waals surface area contributed by atoms with Crippen LogP contribution in [0.4, 0.5) is 5.69 Å². The lowest BCUT2D eigenvalue weighted by Crippen LogP contribution is -2.37. The van der Waals surface area contributed by atoms with Gasteiger partial charge in [0.1, 0.15) is 5.82 Å². The summed E-state index contributed by atoms with van der Waals surface area (Å²) in [6.45, 7) is 4.69. The molecule has 0 atom stereocenters.